The molecule has 0 radical (unpaired) electrons. The molecule has 0 bridgehead atoms. The van der Waals surface area contributed by atoms with Crippen molar-refractivity contribution >= 4 is 74.9 Å². The minimum absolute atomic E-state index is 0.0236. The summed E-state index contributed by atoms with van der Waals surface area (Å²) in [4.78, 5) is 15.7. The maximum Gasteiger partial charge on any atom is 0.164 e. The van der Waals surface area contributed by atoms with Crippen molar-refractivity contribution in [3.05, 3.63) is 194 Å². The number of thiophene rings is 1. The molecule has 0 atom stereocenters. The van der Waals surface area contributed by atoms with E-state index in [1.165, 1.54) is 12.1 Å². The molecular weight excluding hydrogens is 725 g/mol. The molecule has 0 aliphatic rings. The molecule has 3 aromatic heterocycles. The lowest BCUT2D eigenvalue weighted by Gasteiger charge is -2.17. The van der Waals surface area contributed by atoms with E-state index in [2.05, 4.69) is 66.7 Å². The van der Waals surface area contributed by atoms with E-state index in [0.717, 1.165) is 64.0 Å². The zero-order valence-corrected chi connectivity index (χ0v) is 31.5. The van der Waals surface area contributed by atoms with Crippen molar-refractivity contribution in [1.29, 1.82) is 0 Å². The van der Waals surface area contributed by atoms with Crippen LogP contribution in [0.15, 0.2) is 194 Å². The van der Waals surface area contributed by atoms with E-state index in [1.54, 1.807) is 15.9 Å². The van der Waals surface area contributed by atoms with E-state index in [1.807, 2.05) is 78.9 Å². The van der Waals surface area contributed by atoms with Crippen molar-refractivity contribution < 1.29 is 8.22 Å². The predicted octanol–water partition coefficient (Wildman–Crippen LogP) is 14.3. The van der Waals surface area contributed by atoms with E-state index in [4.69, 9.17) is 20.4 Å². The molecule has 0 fully saturated rings. The van der Waals surface area contributed by atoms with Crippen LogP contribution in [-0.2, 0) is 0 Å². The molecule has 0 amide bonds. The molecule has 58 heavy (non-hydrogen) atoms. The van der Waals surface area contributed by atoms with E-state index < -0.39 is 0 Å². The van der Waals surface area contributed by atoms with Gasteiger partial charge in [-0.1, -0.05) is 158 Å². The summed E-state index contributed by atoms with van der Waals surface area (Å²) in [6.07, 6.45) is 0. The zero-order valence-electron chi connectivity index (χ0n) is 36.7. The van der Waals surface area contributed by atoms with Gasteiger partial charge in [0.2, 0.25) is 0 Å². The third kappa shape index (κ3) is 5.11. The summed E-state index contributed by atoms with van der Waals surface area (Å²) in [5, 5.41) is 6.75. The molecule has 3 heterocycles. The summed E-state index contributed by atoms with van der Waals surface area (Å²) in [6.45, 7) is 0. The summed E-state index contributed by atoms with van der Waals surface area (Å²) in [6, 6.07) is 51.1. The van der Waals surface area contributed by atoms with Crippen LogP contribution in [0.1, 0.15) is 8.22 Å². The molecule has 12 rings (SSSR count). The topological polar surface area (TPSA) is 43.6 Å². The maximum atomic E-state index is 9.28. The van der Waals surface area contributed by atoms with Crippen molar-refractivity contribution in [2.45, 2.75) is 0 Å². The van der Waals surface area contributed by atoms with Crippen molar-refractivity contribution in [2.75, 3.05) is 0 Å². The van der Waals surface area contributed by atoms with Gasteiger partial charge in [-0.2, -0.15) is 0 Å². The Balaban J connectivity index is 1.20. The molecule has 5 heteroatoms. The number of aromatic nitrogens is 4. The Hall–Kier alpha value is -7.47. The highest BCUT2D eigenvalue weighted by Gasteiger charge is 2.21. The lowest BCUT2D eigenvalue weighted by atomic mass is 9.98. The van der Waals surface area contributed by atoms with Crippen LogP contribution >= 0.6 is 11.3 Å². The first kappa shape index (κ1) is 27.2. The zero-order chi connectivity index (χ0) is 43.4. The SMILES string of the molecule is [2H]c1cc([2H])c2c(c1[2H])c1c([2H])c([2H])cc([2H])c1n2-c1ccc(-c2nc(-c3cccc4ccccc34)nc(-c3cccc4ccccc34)n2)cc1-c1cccc2c1sc1ccccc12. The first-order valence-electron chi connectivity index (χ1n) is 22.0. The highest BCUT2D eigenvalue weighted by molar-refractivity contribution is 7.26. The number of hydrogen-bond donors (Lipinski definition) is 0. The van der Waals surface area contributed by atoms with Gasteiger partial charge in [0.1, 0.15) is 0 Å². The minimum Gasteiger partial charge on any atom is -0.309 e. The van der Waals surface area contributed by atoms with Crippen LogP contribution in [0.2, 0.25) is 0 Å². The Bertz CT molecular complexity index is 3770. The monoisotopic (exact) mass is 762 g/mol. The molecule has 270 valence electrons. The van der Waals surface area contributed by atoms with Gasteiger partial charge >= 0.3 is 0 Å². The molecule has 9 aromatic carbocycles. The van der Waals surface area contributed by atoms with Crippen molar-refractivity contribution in [1.82, 2.24) is 19.5 Å². The van der Waals surface area contributed by atoms with Crippen molar-refractivity contribution in [3.63, 3.8) is 0 Å². The van der Waals surface area contributed by atoms with Gasteiger partial charge in [0.05, 0.1) is 24.9 Å². The number of nitrogens with zero attached hydrogens (tertiary/aromatic N) is 4. The molecule has 0 saturated carbocycles. The number of para-hydroxylation sites is 2. The molecule has 0 aliphatic carbocycles. The van der Waals surface area contributed by atoms with Crippen LogP contribution in [0.3, 0.4) is 0 Å². The molecular formula is C53H32N4S. The Morgan fingerprint density at radius 1 is 0.414 bits per heavy atom. The first-order valence-corrected chi connectivity index (χ1v) is 19.8. The molecule has 0 saturated heterocycles. The summed E-state index contributed by atoms with van der Waals surface area (Å²) < 4.78 is 57.9. The van der Waals surface area contributed by atoms with Gasteiger partial charge in [0, 0.05) is 58.8 Å². The number of rotatable bonds is 5. The first-order chi connectivity index (χ1) is 31.2. The highest BCUT2D eigenvalue weighted by Crippen LogP contribution is 2.44. The quantitative estimate of drug-likeness (QED) is 0.175. The Morgan fingerprint density at radius 2 is 0.948 bits per heavy atom. The molecule has 0 unspecified atom stereocenters. The van der Waals surface area contributed by atoms with Gasteiger partial charge in [-0.3, -0.25) is 0 Å². The second-order valence-electron chi connectivity index (χ2n) is 14.3. The molecule has 0 aliphatic heterocycles. The average Bonchev–Trinajstić information content (AvgIpc) is 3.90. The Kier molecular flexibility index (Phi) is 6.12. The fourth-order valence-corrected chi connectivity index (χ4v) is 9.62. The van der Waals surface area contributed by atoms with Gasteiger partial charge in [0.25, 0.3) is 0 Å². The van der Waals surface area contributed by atoms with Crippen molar-refractivity contribution in [2.24, 2.45) is 0 Å². The van der Waals surface area contributed by atoms with Crippen LogP contribution in [-0.4, -0.2) is 19.5 Å². The second-order valence-corrected chi connectivity index (χ2v) is 15.3. The fourth-order valence-electron chi connectivity index (χ4n) is 8.39. The van der Waals surface area contributed by atoms with Gasteiger partial charge in [-0.05, 0) is 57.9 Å². The van der Waals surface area contributed by atoms with Crippen LogP contribution in [0.4, 0.5) is 0 Å². The smallest absolute Gasteiger partial charge is 0.164 e. The third-order valence-corrected chi connectivity index (χ3v) is 12.2. The summed E-state index contributed by atoms with van der Waals surface area (Å²) in [5.74, 6) is 1.48. The van der Waals surface area contributed by atoms with E-state index in [9.17, 15) is 2.74 Å². The highest BCUT2D eigenvalue weighted by atomic mass is 32.1. The number of benzene rings is 9. The second kappa shape index (κ2) is 13.1. The van der Waals surface area contributed by atoms with Crippen LogP contribution in [0.5, 0.6) is 0 Å². The molecule has 0 spiro atoms. The minimum atomic E-state index is -0.165. The summed E-state index contributed by atoms with van der Waals surface area (Å²) in [5.41, 5.74) is 5.25. The Morgan fingerprint density at radius 3 is 1.62 bits per heavy atom. The maximum absolute atomic E-state index is 9.28. The number of fused-ring (bicyclic) bond motifs is 8. The average molecular weight is 763 g/mol. The molecule has 12 aromatic rings. The lowest BCUT2D eigenvalue weighted by molar-refractivity contribution is 1.08. The summed E-state index contributed by atoms with van der Waals surface area (Å²) in [7, 11) is 0. The fraction of sp³-hybridized carbons (Fsp3) is 0. The third-order valence-electron chi connectivity index (χ3n) is 11.0. The standard InChI is InChI=1S/C53H32N4S/c1-3-18-36-33(14-1)16-11-25-43(36)52-54-51(55-53(56-52)44-26-12-17-34-15-2-4-19-37(34)44)35-30-31-48(57-46-27-8-5-20-38(46)39-21-6-9-28-47(39)57)45(32-35)42-24-13-23-41-40-22-7-10-29-49(40)58-50(41)42/h1-32H/i5D,6D,20D,21D,27D,28D. The van der Waals surface area contributed by atoms with Crippen LogP contribution in [0, 0.1) is 0 Å². The van der Waals surface area contributed by atoms with Crippen molar-refractivity contribution in [3.8, 4) is 51.0 Å². The predicted molar refractivity (Wildman–Crippen MR) is 244 cm³/mol. The van der Waals surface area contributed by atoms with E-state index in [0.29, 0.717) is 28.7 Å². The normalized spacial score (nSPS) is 13.2. The Labute approximate surface area is 346 Å². The van der Waals surface area contributed by atoms with Gasteiger partial charge in [-0.15, -0.1) is 11.3 Å². The van der Waals surface area contributed by atoms with E-state index in [-0.39, 0.29) is 58.1 Å². The largest absolute Gasteiger partial charge is 0.309 e. The number of hydrogen-bond acceptors (Lipinski definition) is 4. The summed E-state index contributed by atoms with van der Waals surface area (Å²) >= 11 is 1.68. The molecule has 0 N–H and O–H groups in total. The van der Waals surface area contributed by atoms with Gasteiger partial charge in [0.15, 0.2) is 17.5 Å². The molecule has 4 nitrogen and oxygen atoms in total. The lowest BCUT2D eigenvalue weighted by Crippen LogP contribution is -2.02. The van der Waals surface area contributed by atoms with Crippen LogP contribution < -0.4 is 0 Å². The van der Waals surface area contributed by atoms with Gasteiger partial charge < -0.3 is 4.57 Å². The van der Waals surface area contributed by atoms with Gasteiger partial charge in [-0.25, -0.2) is 15.0 Å². The van der Waals surface area contributed by atoms with E-state index >= 15 is 0 Å². The van der Waals surface area contributed by atoms with Crippen LogP contribution in [0.25, 0.3) is 115 Å².